The van der Waals surface area contributed by atoms with Crippen molar-refractivity contribution < 1.29 is 13.5 Å². The molecule has 2 nitrogen and oxygen atoms in total. The van der Waals surface area contributed by atoms with Crippen molar-refractivity contribution in [3.63, 3.8) is 0 Å². The molecule has 1 saturated heterocycles. The van der Waals surface area contributed by atoms with Crippen LogP contribution in [0.2, 0.25) is 0 Å². The number of likely N-dealkylation sites (tertiary alicyclic amines) is 1. The van der Waals surface area contributed by atoms with Gasteiger partial charge >= 0.3 is 6.61 Å². The van der Waals surface area contributed by atoms with E-state index in [9.17, 15) is 8.78 Å². The third-order valence-corrected chi connectivity index (χ3v) is 1.97. The second kappa shape index (κ2) is 3.97. The Morgan fingerprint density at radius 1 is 1.64 bits per heavy atom. The molecular weight excluding hydrogens is 152 g/mol. The monoisotopic (exact) mass is 165 g/mol. The molecule has 1 aliphatic rings. The summed E-state index contributed by atoms with van der Waals surface area (Å²) >= 11 is 0. The van der Waals surface area contributed by atoms with Gasteiger partial charge in [-0.25, -0.2) is 0 Å². The maximum absolute atomic E-state index is 11.7. The fourth-order valence-corrected chi connectivity index (χ4v) is 1.34. The minimum Gasteiger partial charge on any atom is -0.318 e. The van der Waals surface area contributed by atoms with Gasteiger partial charge in [0.25, 0.3) is 0 Å². The van der Waals surface area contributed by atoms with Crippen LogP contribution in [0.1, 0.15) is 13.3 Å². The molecule has 1 fully saturated rings. The Labute approximate surface area is 65.1 Å². The summed E-state index contributed by atoms with van der Waals surface area (Å²) in [7, 11) is 0. The highest BCUT2D eigenvalue weighted by atomic mass is 19.3. The van der Waals surface area contributed by atoms with E-state index in [0.29, 0.717) is 6.54 Å². The van der Waals surface area contributed by atoms with E-state index in [0.717, 1.165) is 19.5 Å². The lowest BCUT2D eigenvalue weighted by molar-refractivity contribution is -0.158. The fraction of sp³-hybridized carbons (Fsp3) is 1.00. The predicted molar refractivity (Wildman–Crippen MR) is 37.6 cm³/mol. The molecule has 0 aromatic heterocycles. The van der Waals surface area contributed by atoms with Crippen LogP contribution in [0.25, 0.3) is 0 Å². The molecule has 0 bridgehead atoms. The van der Waals surface area contributed by atoms with Gasteiger partial charge in [-0.2, -0.15) is 8.78 Å². The quantitative estimate of drug-likeness (QED) is 0.625. The number of rotatable bonds is 3. The highest BCUT2D eigenvalue weighted by Crippen LogP contribution is 2.14. The van der Waals surface area contributed by atoms with Crippen molar-refractivity contribution in [2.45, 2.75) is 26.1 Å². The molecule has 66 valence electrons. The molecule has 1 aliphatic heterocycles. The first kappa shape index (κ1) is 8.87. The van der Waals surface area contributed by atoms with Gasteiger partial charge in [-0.05, 0) is 13.0 Å². The van der Waals surface area contributed by atoms with Gasteiger partial charge in [-0.15, -0.1) is 0 Å². The van der Waals surface area contributed by atoms with Gasteiger partial charge < -0.3 is 9.64 Å². The molecule has 0 aromatic carbocycles. The number of halogens is 2. The molecular formula is C7H13F2NO. The average Bonchev–Trinajstić information content (AvgIpc) is 2.34. The van der Waals surface area contributed by atoms with E-state index < -0.39 is 6.61 Å². The van der Waals surface area contributed by atoms with E-state index in [1.54, 1.807) is 0 Å². The molecule has 4 heteroatoms. The van der Waals surface area contributed by atoms with E-state index in [1.165, 1.54) is 0 Å². The summed E-state index contributed by atoms with van der Waals surface area (Å²) in [5.74, 6) is 0. The van der Waals surface area contributed by atoms with Crippen molar-refractivity contribution in [2.24, 2.45) is 0 Å². The van der Waals surface area contributed by atoms with Gasteiger partial charge in [0.1, 0.15) is 0 Å². The minimum atomic E-state index is -2.61. The van der Waals surface area contributed by atoms with Gasteiger partial charge in [0, 0.05) is 13.1 Å². The Balaban J connectivity index is 2.19. The van der Waals surface area contributed by atoms with E-state index in [1.807, 2.05) is 6.92 Å². The number of ether oxygens (including phenoxy) is 1. The molecule has 0 aliphatic carbocycles. The van der Waals surface area contributed by atoms with Crippen molar-refractivity contribution >= 4 is 0 Å². The summed E-state index contributed by atoms with van der Waals surface area (Å²) in [6.07, 6.45) is 0.480. The maximum atomic E-state index is 11.7. The first-order chi connectivity index (χ1) is 5.22. The third kappa shape index (κ3) is 2.71. The zero-order valence-electron chi connectivity index (χ0n) is 6.59. The molecule has 0 aromatic rings. The summed E-state index contributed by atoms with van der Waals surface area (Å²) in [5.41, 5.74) is 0. The summed E-state index contributed by atoms with van der Waals surface area (Å²) in [6.45, 7) is 1.86. The molecule has 0 amide bonds. The van der Waals surface area contributed by atoms with E-state index in [4.69, 9.17) is 0 Å². The van der Waals surface area contributed by atoms with Crippen molar-refractivity contribution in [3.8, 4) is 0 Å². The average molecular weight is 165 g/mol. The van der Waals surface area contributed by atoms with Crippen LogP contribution in [0.3, 0.4) is 0 Å². The Kier molecular flexibility index (Phi) is 3.20. The van der Waals surface area contributed by atoms with Gasteiger partial charge in [-0.3, -0.25) is 0 Å². The van der Waals surface area contributed by atoms with Gasteiger partial charge in [0.15, 0.2) is 0 Å². The van der Waals surface area contributed by atoms with E-state index in [-0.39, 0.29) is 6.10 Å². The van der Waals surface area contributed by atoms with Crippen molar-refractivity contribution in [1.29, 1.82) is 0 Å². The van der Waals surface area contributed by atoms with Crippen LogP contribution in [-0.2, 0) is 4.74 Å². The first-order valence-corrected chi connectivity index (χ1v) is 3.88. The van der Waals surface area contributed by atoms with Gasteiger partial charge in [0.2, 0.25) is 0 Å². The Morgan fingerprint density at radius 3 is 2.82 bits per heavy atom. The van der Waals surface area contributed by atoms with Crippen LogP contribution in [0.5, 0.6) is 0 Å². The zero-order valence-corrected chi connectivity index (χ0v) is 6.59. The highest BCUT2D eigenvalue weighted by molar-refractivity contribution is 4.74. The largest absolute Gasteiger partial charge is 0.345 e. The normalized spacial score (nSPS) is 26.7. The molecule has 11 heavy (non-hydrogen) atoms. The minimum absolute atomic E-state index is 0.255. The molecule has 1 unspecified atom stereocenters. The molecule has 1 rings (SSSR count). The molecule has 1 atom stereocenters. The Morgan fingerprint density at radius 2 is 2.36 bits per heavy atom. The van der Waals surface area contributed by atoms with Crippen LogP contribution >= 0.6 is 0 Å². The van der Waals surface area contributed by atoms with Crippen molar-refractivity contribution in [2.75, 3.05) is 19.6 Å². The molecule has 1 heterocycles. The van der Waals surface area contributed by atoms with Crippen molar-refractivity contribution in [1.82, 2.24) is 4.90 Å². The van der Waals surface area contributed by atoms with Crippen LogP contribution in [0.4, 0.5) is 8.78 Å². The Hall–Kier alpha value is -0.220. The Bertz CT molecular complexity index is 121. The third-order valence-electron chi connectivity index (χ3n) is 1.97. The summed E-state index contributed by atoms with van der Waals surface area (Å²) in [4.78, 5) is 2.10. The lowest BCUT2D eigenvalue weighted by Crippen LogP contribution is -2.24. The van der Waals surface area contributed by atoms with Crippen LogP contribution in [-0.4, -0.2) is 37.2 Å². The smallest absolute Gasteiger partial charge is 0.318 e. The summed E-state index contributed by atoms with van der Waals surface area (Å²) < 4.78 is 27.7. The highest BCUT2D eigenvalue weighted by Gasteiger charge is 2.24. The number of likely N-dealkylation sites (N-methyl/N-ethyl adjacent to an activating group) is 1. The first-order valence-electron chi connectivity index (χ1n) is 3.88. The van der Waals surface area contributed by atoms with Crippen LogP contribution < -0.4 is 0 Å². The van der Waals surface area contributed by atoms with Gasteiger partial charge in [0.05, 0.1) is 6.10 Å². The summed E-state index contributed by atoms with van der Waals surface area (Å²) in [6, 6.07) is 0. The van der Waals surface area contributed by atoms with Crippen LogP contribution in [0.15, 0.2) is 0 Å². The van der Waals surface area contributed by atoms with E-state index >= 15 is 0 Å². The SMILES string of the molecule is CCN1CCC(OC(F)F)C1. The molecule has 0 spiro atoms. The van der Waals surface area contributed by atoms with Gasteiger partial charge in [-0.1, -0.05) is 6.92 Å². The van der Waals surface area contributed by atoms with E-state index in [2.05, 4.69) is 9.64 Å². The number of hydrogen-bond donors (Lipinski definition) is 0. The predicted octanol–water partition coefficient (Wildman–Crippen LogP) is 1.32. The maximum Gasteiger partial charge on any atom is 0.345 e. The molecule has 0 N–H and O–H groups in total. The number of nitrogens with zero attached hydrogens (tertiary/aromatic N) is 1. The molecule has 0 saturated carbocycles. The topological polar surface area (TPSA) is 12.5 Å². The second-order valence-corrected chi connectivity index (χ2v) is 2.70. The van der Waals surface area contributed by atoms with Crippen molar-refractivity contribution in [3.05, 3.63) is 0 Å². The lowest BCUT2D eigenvalue weighted by atomic mass is 10.3. The lowest BCUT2D eigenvalue weighted by Gasteiger charge is -2.12. The molecule has 0 radical (unpaired) electrons. The standard InChI is InChI=1S/C7H13F2NO/c1-2-10-4-3-6(5-10)11-7(8)9/h6-7H,2-5H2,1H3. The zero-order chi connectivity index (χ0) is 8.27. The second-order valence-electron chi connectivity index (χ2n) is 2.70. The number of hydrogen-bond acceptors (Lipinski definition) is 2. The summed E-state index contributed by atoms with van der Waals surface area (Å²) in [5, 5.41) is 0. The number of alkyl halides is 2. The van der Waals surface area contributed by atoms with Crippen LogP contribution in [0, 0.1) is 0 Å². The fourth-order valence-electron chi connectivity index (χ4n) is 1.34.